The lowest BCUT2D eigenvalue weighted by Crippen LogP contribution is -2.36. The fraction of sp³-hybridized carbons (Fsp3) is 0.400. The van der Waals surface area contributed by atoms with Crippen molar-refractivity contribution in [2.75, 3.05) is 6.54 Å². The van der Waals surface area contributed by atoms with Crippen LogP contribution in [0.25, 0.3) is 23.0 Å². The van der Waals surface area contributed by atoms with E-state index in [-0.39, 0.29) is 11.8 Å². The Hall–Kier alpha value is -2.55. The number of thiophene rings is 1. The zero-order valence-electron chi connectivity index (χ0n) is 12.9. The predicted octanol–water partition coefficient (Wildman–Crippen LogP) is 1.97. The molecule has 4 rings (SSSR count). The molecule has 0 bridgehead atoms. The van der Waals surface area contributed by atoms with E-state index in [0.717, 1.165) is 24.8 Å². The lowest BCUT2D eigenvalue weighted by molar-refractivity contribution is -0.127. The van der Waals surface area contributed by atoms with Crippen LogP contribution in [0.1, 0.15) is 19.3 Å². The molecule has 0 saturated heterocycles. The van der Waals surface area contributed by atoms with Crippen LogP contribution in [0.15, 0.2) is 27.5 Å². The molecule has 3 heterocycles. The molecular formula is C15H16N6O2S. The van der Waals surface area contributed by atoms with E-state index in [1.54, 1.807) is 22.2 Å². The first-order valence-electron chi connectivity index (χ1n) is 7.84. The maximum absolute atomic E-state index is 11.8. The molecule has 1 fully saturated rings. The molecule has 1 saturated carbocycles. The van der Waals surface area contributed by atoms with Gasteiger partial charge in [0.1, 0.15) is 0 Å². The Balaban J connectivity index is 1.35. The third-order valence-corrected chi connectivity index (χ3v) is 4.76. The topological polar surface area (TPSA) is 98.7 Å². The molecule has 3 aromatic heterocycles. The Morgan fingerprint density at radius 2 is 2.38 bits per heavy atom. The van der Waals surface area contributed by atoms with Gasteiger partial charge in [0, 0.05) is 23.4 Å². The van der Waals surface area contributed by atoms with Crippen molar-refractivity contribution in [1.82, 2.24) is 30.5 Å². The Morgan fingerprint density at radius 3 is 3.12 bits per heavy atom. The van der Waals surface area contributed by atoms with Gasteiger partial charge in [0.2, 0.25) is 11.7 Å². The molecular weight excluding hydrogens is 328 g/mol. The largest absolute Gasteiger partial charge is 0.354 e. The van der Waals surface area contributed by atoms with Gasteiger partial charge in [-0.3, -0.25) is 4.79 Å². The van der Waals surface area contributed by atoms with Gasteiger partial charge in [-0.25, -0.2) is 4.68 Å². The van der Waals surface area contributed by atoms with Gasteiger partial charge < -0.3 is 9.84 Å². The quantitative estimate of drug-likeness (QED) is 0.734. The van der Waals surface area contributed by atoms with Crippen LogP contribution >= 0.6 is 11.3 Å². The summed E-state index contributed by atoms with van der Waals surface area (Å²) in [6.45, 7) is 1.08. The van der Waals surface area contributed by atoms with Crippen molar-refractivity contribution in [2.45, 2.75) is 25.8 Å². The van der Waals surface area contributed by atoms with Crippen LogP contribution in [0.4, 0.5) is 0 Å². The summed E-state index contributed by atoms with van der Waals surface area (Å²) in [6.07, 6.45) is 4.90. The monoisotopic (exact) mass is 344 g/mol. The van der Waals surface area contributed by atoms with E-state index in [1.165, 1.54) is 0 Å². The summed E-state index contributed by atoms with van der Waals surface area (Å²) in [7, 11) is 0. The second kappa shape index (κ2) is 6.52. The van der Waals surface area contributed by atoms with E-state index in [9.17, 15) is 4.79 Å². The number of rotatable bonds is 6. The SMILES string of the molecule is O=C(NCCn1cc(-c2nc(-c3ccsc3)no2)nn1)C1CCC1. The molecule has 1 amide bonds. The van der Waals surface area contributed by atoms with Gasteiger partial charge in [0.15, 0.2) is 5.69 Å². The number of hydrogen-bond acceptors (Lipinski definition) is 7. The van der Waals surface area contributed by atoms with Gasteiger partial charge in [0.25, 0.3) is 5.89 Å². The van der Waals surface area contributed by atoms with Gasteiger partial charge in [0.05, 0.1) is 12.7 Å². The van der Waals surface area contributed by atoms with Crippen LogP contribution in [0.2, 0.25) is 0 Å². The Bertz CT molecular complexity index is 821. The number of carbonyl (C=O) groups excluding carboxylic acids is 1. The van der Waals surface area contributed by atoms with Crippen molar-refractivity contribution in [1.29, 1.82) is 0 Å². The average Bonchev–Trinajstić information content (AvgIpc) is 3.26. The van der Waals surface area contributed by atoms with Crippen LogP contribution in [0.3, 0.4) is 0 Å². The van der Waals surface area contributed by atoms with Gasteiger partial charge in [-0.05, 0) is 24.3 Å². The highest BCUT2D eigenvalue weighted by molar-refractivity contribution is 7.08. The normalized spacial score (nSPS) is 14.5. The van der Waals surface area contributed by atoms with Gasteiger partial charge in [-0.15, -0.1) is 5.10 Å². The molecule has 0 atom stereocenters. The van der Waals surface area contributed by atoms with E-state index in [1.807, 2.05) is 16.8 Å². The minimum atomic E-state index is 0.138. The van der Waals surface area contributed by atoms with Crippen LogP contribution in [0, 0.1) is 5.92 Å². The molecule has 0 spiro atoms. The predicted molar refractivity (Wildman–Crippen MR) is 87.0 cm³/mol. The molecule has 24 heavy (non-hydrogen) atoms. The van der Waals surface area contributed by atoms with E-state index >= 15 is 0 Å². The molecule has 0 aromatic carbocycles. The summed E-state index contributed by atoms with van der Waals surface area (Å²) >= 11 is 1.57. The van der Waals surface area contributed by atoms with E-state index in [4.69, 9.17) is 4.52 Å². The van der Waals surface area contributed by atoms with Gasteiger partial charge in [-0.1, -0.05) is 16.8 Å². The molecule has 0 aliphatic heterocycles. The molecule has 124 valence electrons. The van der Waals surface area contributed by atoms with Crippen molar-refractivity contribution < 1.29 is 9.32 Å². The number of hydrogen-bond donors (Lipinski definition) is 1. The third-order valence-electron chi connectivity index (χ3n) is 4.08. The minimum absolute atomic E-state index is 0.138. The van der Waals surface area contributed by atoms with Crippen LogP contribution in [-0.2, 0) is 11.3 Å². The molecule has 8 nitrogen and oxygen atoms in total. The standard InChI is InChI=1S/C15H16N6O2S/c22-14(10-2-1-3-10)16-5-6-21-8-12(18-20-21)15-17-13(19-23-15)11-4-7-24-9-11/h4,7-10H,1-3,5-6H2,(H,16,22). The van der Waals surface area contributed by atoms with Crippen LogP contribution < -0.4 is 5.32 Å². The van der Waals surface area contributed by atoms with E-state index in [2.05, 4.69) is 25.8 Å². The average molecular weight is 344 g/mol. The first-order valence-corrected chi connectivity index (χ1v) is 8.78. The molecule has 1 aliphatic carbocycles. The lowest BCUT2D eigenvalue weighted by Gasteiger charge is -2.23. The Morgan fingerprint density at radius 1 is 1.46 bits per heavy atom. The van der Waals surface area contributed by atoms with Crippen molar-refractivity contribution in [3.63, 3.8) is 0 Å². The van der Waals surface area contributed by atoms with Crippen molar-refractivity contribution in [2.24, 2.45) is 5.92 Å². The molecule has 9 heteroatoms. The number of nitrogens with one attached hydrogen (secondary N) is 1. The van der Waals surface area contributed by atoms with Crippen LogP contribution in [-0.4, -0.2) is 37.6 Å². The highest BCUT2D eigenvalue weighted by Gasteiger charge is 2.24. The van der Waals surface area contributed by atoms with Crippen molar-refractivity contribution >= 4 is 17.2 Å². The number of carbonyl (C=O) groups is 1. The highest BCUT2D eigenvalue weighted by Crippen LogP contribution is 2.26. The maximum Gasteiger partial charge on any atom is 0.280 e. The summed E-state index contributed by atoms with van der Waals surface area (Å²) < 4.78 is 6.90. The third kappa shape index (κ3) is 3.07. The summed E-state index contributed by atoms with van der Waals surface area (Å²) in [5.74, 6) is 1.21. The molecule has 3 aromatic rings. The molecule has 1 aliphatic rings. The van der Waals surface area contributed by atoms with Crippen LogP contribution in [0.5, 0.6) is 0 Å². The van der Waals surface area contributed by atoms with E-state index < -0.39 is 0 Å². The fourth-order valence-corrected chi connectivity index (χ4v) is 3.08. The van der Waals surface area contributed by atoms with Gasteiger partial charge in [-0.2, -0.15) is 16.3 Å². The van der Waals surface area contributed by atoms with Gasteiger partial charge >= 0.3 is 0 Å². The second-order valence-corrected chi connectivity index (χ2v) is 6.50. The molecule has 0 unspecified atom stereocenters. The zero-order chi connectivity index (χ0) is 16.4. The summed E-state index contributed by atoms with van der Waals surface area (Å²) in [5, 5.41) is 18.9. The zero-order valence-corrected chi connectivity index (χ0v) is 13.7. The van der Waals surface area contributed by atoms with Crippen molar-refractivity contribution in [3.8, 4) is 23.0 Å². The summed E-state index contributed by atoms with van der Waals surface area (Å²) in [4.78, 5) is 16.1. The summed E-state index contributed by atoms with van der Waals surface area (Å²) in [5.41, 5.74) is 1.44. The highest BCUT2D eigenvalue weighted by atomic mass is 32.1. The maximum atomic E-state index is 11.8. The molecule has 1 N–H and O–H groups in total. The smallest absolute Gasteiger partial charge is 0.280 e. The minimum Gasteiger partial charge on any atom is -0.354 e. The number of nitrogens with zero attached hydrogens (tertiary/aromatic N) is 5. The fourth-order valence-electron chi connectivity index (χ4n) is 2.45. The second-order valence-electron chi connectivity index (χ2n) is 5.72. The Kier molecular flexibility index (Phi) is 4.08. The number of amides is 1. The first-order chi connectivity index (χ1) is 11.8. The Labute approximate surface area is 141 Å². The molecule has 0 radical (unpaired) electrons. The van der Waals surface area contributed by atoms with E-state index in [0.29, 0.717) is 30.5 Å². The lowest BCUT2D eigenvalue weighted by atomic mass is 9.85. The van der Waals surface area contributed by atoms with Crippen molar-refractivity contribution in [3.05, 3.63) is 23.0 Å². The number of aromatic nitrogens is 5. The first kappa shape index (κ1) is 15.0. The summed E-state index contributed by atoms with van der Waals surface area (Å²) in [6, 6.07) is 1.93.